The smallest absolute Gasteiger partial charge is 0.276 e. The molecule has 0 aliphatic rings. The molecule has 7 heteroatoms. The van der Waals surface area contributed by atoms with Crippen molar-refractivity contribution in [2.75, 3.05) is 11.1 Å². The zero-order chi connectivity index (χ0) is 13.3. The van der Waals surface area contributed by atoms with E-state index in [-0.39, 0.29) is 5.91 Å². The molecule has 2 aromatic rings. The van der Waals surface area contributed by atoms with Gasteiger partial charge in [-0.05, 0) is 18.4 Å². The number of anilines is 2. The number of carbonyl (C=O) groups excluding carboxylic acids is 1. The maximum atomic E-state index is 12.1. The summed E-state index contributed by atoms with van der Waals surface area (Å²) in [6.45, 7) is 1.73. The average molecular weight is 261 g/mol. The lowest BCUT2D eigenvalue weighted by Crippen LogP contribution is -2.17. The third-order valence-corrected chi connectivity index (χ3v) is 3.33. The predicted octanol–water partition coefficient (Wildman–Crippen LogP) is 1.50. The molecule has 0 fully saturated rings. The Balaban J connectivity index is 2.31. The third kappa shape index (κ3) is 1.94. The first-order chi connectivity index (χ1) is 8.54. The summed E-state index contributed by atoms with van der Waals surface area (Å²) in [5, 5.41) is 17.9. The fraction of sp³-hybridized carbons (Fsp3) is 0.182. The van der Waals surface area contributed by atoms with Gasteiger partial charge in [-0.2, -0.15) is 10.4 Å². The minimum Gasteiger partial charge on any atom is -0.395 e. The Labute approximate surface area is 108 Å². The number of aromatic nitrogens is 2. The van der Waals surface area contributed by atoms with Crippen molar-refractivity contribution >= 4 is 27.9 Å². The quantitative estimate of drug-likeness (QED) is 0.856. The van der Waals surface area contributed by atoms with Gasteiger partial charge in [0.2, 0.25) is 0 Å². The lowest BCUT2D eigenvalue weighted by Gasteiger charge is -2.04. The molecule has 3 N–H and O–H groups in total. The molecule has 92 valence electrons. The van der Waals surface area contributed by atoms with Gasteiger partial charge < -0.3 is 11.1 Å². The van der Waals surface area contributed by atoms with Gasteiger partial charge in [-0.25, -0.2) is 0 Å². The standard InChI is InChI=1S/C11H11N5OS/c1-6-8(13)9(16(2)15-6)10(17)14-11-7(5-12)3-4-18-11/h3-4H,13H2,1-2H3,(H,14,17). The highest BCUT2D eigenvalue weighted by Gasteiger charge is 2.19. The van der Waals surface area contributed by atoms with Crippen LogP contribution in [0.2, 0.25) is 0 Å². The monoisotopic (exact) mass is 261 g/mol. The lowest BCUT2D eigenvalue weighted by atomic mass is 10.3. The summed E-state index contributed by atoms with van der Waals surface area (Å²) in [6.07, 6.45) is 0. The second-order valence-corrected chi connectivity index (χ2v) is 4.62. The van der Waals surface area contributed by atoms with E-state index in [1.54, 1.807) is 25.4 Å². The Kier molecular flexibility index (Phi) is 3.04. The van der Waals surface area contributed by atoms with Crippen LogP contribution in [0.3, 0.4) is 0 Å². The van der Waals surface area contributed by atoms with Crippen LogP contribution in [0.5, 0.6) is 0 Å². The molecule has 0 saturated carbocycles. The molecule has 0 spiro atoms. The maximum Gasteiger partial charge on any atom is 0.276 e. The third-order valence-electron chi connectivity index (χ3n) is 2.50. The van der Waals surface area contributed by atoms with Crippen molar-refractivity contribution < 1.29 is 4.79 Å². The molecule has 0 aromatic carbocycles. The van der Waals surface area contributed by atoms with E-state index in [2.05, 4.69) is 10.4 Å². The zero-order valence-electron chi connectivity index (χ0n) is 9.89. The number of carbonyl (C=O) groups is 1. The van der Waals surface area contributed by atoms with Crippen molar-refractivity contribution in [3.05, 3.63) is 28.4 Å². The van der Waals surface area contributed by atoms with Crippen LogP contribution in [0.25, 0.3) is 0 Å². The summed E-state index contributed by atoms with van der Waals surface area (Å²) >= 11 is 1.29. The van der Waals surface area contributed by atoms with Crippen LogP contribution >= 0.6 is 11.3 Å². The Morgan fingerprint density at radius 2 is 2.39 bits per heavy atom. The van der Waals surface area contributed by atoms with Crippen LogP contribution in [0.1, 0.15) is 21.7 Å². The van der Waals surface area contributed by atoms with Gasteiger partial charge in [0.25, 0.3) is 5.91 Å². The van der Waals surface area contributed by atoms with E-state index >= 15 is 0 Å². The molecule has 18 heavy (non-hydrogen) atoms. The fourth-order valence-corrected chi connectivity index (χ4v) is 2.33. The van der Waals surface area contributed by atoms with Gasteiger partial charge in [-0.15, -0.1) is 11.3 Å². The molecule has 2 aromatic heterocycles. The van der Waals surface area contributed by atoms with Crippen LogP contribution in [0.4, 0.5) is 10.7 Å². The van der Waals surface area contributed by atoms with Crippen LogP contribution < -0.4 is 11.1 Å². The first kappa shape index (κ1) is 12.1. The molecule has 0 aliphatic carbocycles. The molecule has 0 aliphatic heterocycles. The van der Waals surface area contributed by atoms with E-state index < -0.39 is 0 Å². The summed E-state index contributed by atoms with van der Waals surface area (Å²) in [6, 6.07) is 3.66. The van der Waals surface area contributed by atoms with Crippen molar-refractivity contribution in [2.45, 2.75) is 6.92 Å². The number of amides is 1. The van der Waals surface area contributed by atoms with E-state index in [0.29, 0.717) is 27.6 Å². The molecule has 6 nitrogen and oxygen atoms in total. The number of hydrogen-bond acceptors (Lipinski definition) is 5. The molecule has 0 bridgehead atoms. The first-order valence-corrected chi connectivity index (χ1v) is 6.00. The molecule has 0 radical (unpaired) electrons. The SMILES string of the molecule is Cc1nn(C)c(C(=O)Nc2sccc2C#N)c1N. The van der Waals surface area contributed by atoms with E-state index in [9.17, 15) is 4.79 Å². The molecular formula is C11H11N5OS. The van der Waals surface area contributed by atoms with Crippen molar-refractivity contribution in [2.24, 2.45) is 7.05 Å². The number of hydrogen-bond donors (Lipinski definition) is 2. The second kappa shape index (κ2) is 4.50. The predicted molar refractivity (Wildman–Crippen MR) is 69.3 cm³/mol. The van der Waals surface area contributed by atoms with E-state index in [0.717, 1.165) is 0 Å². The summed E-state index contributed by atoms with van der Waals surface area (Å²) < 4.78 is 1.43. The van der Waals surface area contributed by atoms with Crippen molar-refractivity contribution in [1.29, 1.82) is 5.26 Å². The number of aryl methyl sites for hydroxylation is 2. The Morgan fingerprint density at radius 1 is 1.67 bits per heavy atom. The number of rotatable bonds is 2. The normalized spacial score (nSPS) is 10.1. The van der Waals surface area contributed by atoms with Gasteiger partial charge in [0.1, 0.15) is 16.8 Å². The summed E-state index contributed by atoms with van der Waals surface area (Å²) in [7, 11) is 1.65. The molecule has 2 rings (SSSR count). The fourth-order valence-electron chi connectivity index (χ4n) is 1.60. The van der Waals surface area contributed by atoms with Crippen LogP contribution in [-0.4, -0.2) is 15.7 Å². The topological polar surface area (TPSA) is 96.7 Å². The van der Waals surface area contributed by atoms with E-state index in [4.69, 9.17) is 11.0 Å². The Bertz CT molecular complexity index is 649. The van der Waals surface area contributed by atoms with Gasteiger partial charge >= 0.3 is 0 Å². The largest absolute Gasteiger partial charge is 0.395 e. The van der Waals surface area contributed by atoms with E-state index in [1.807, 2.05) is 6.07 Å². The highest BCUT2D eigenvalue weighted by Crippen LogP contribution is 2.24. The summed E-state index contributed by atoms with van der Waals surface area (Å²) in [5.41, 5.74) is 7.49. The van der Waals surface area contributed by atoms with Crippen molar-refractivity contribution in [3.8, 4) is 6.07 Å². The highest BCUT2D eigenvalue weighted by molar-refractivity contribution is 7.14. The summed E-state index contributed by atoms with van der Waals surface area (Å²) in [4.78, 5) is 12.1. The first-order valence-electron chi connectivity index (χ1n) is 5.12. The van der Waals surface area contributed by atoms with Gasteiger partial charge in [0, 0.05) is 7.05 Å². The Morgan fingerprint density at radius 3 is 2.94 bits per heavy atom. The molecule has 0 saturated heterocycles. The number of nitriles is 1. The number of nitrogens with zero attached hydrogens (tertiary/aromatic N) is 3. The van der Waals surface area contributed by atoms with Crippen LogP contribution in [0.15, 0.2) is 11.4 Å². The summed E-state index contributed by atoms with van der Waals surface area (Å²) in [5.74, 6) is -0.366. The number of nitrogens with one attached hydrogen (secondary N) is 1. The van der Waals surface area contributed by atoms with Crippen LogP contribution in [-0.2, 0) is 7.05 Å². The molecule has 0 unspecified atom stereocenters. The number of nitrogen functional groups attached to an aromatic ring is 1. The molecule has 1 amide bonds. The number of thiophene rings is 1. The van der Waals surface area contributed by atoms with Gasteiger partial charge in [0.15, 0.2) is 0 Å². The van der Waals surface area contributed by atoms with Gasteiger partial charge in [-0.3, -0.25) is 9.48 Å². The average Bonchev–Trinajstić information content (AvgIpc) is 2.85. The molecule has 0 atom stereocenters. The van der Waals surface area contributed by atoms with E-state index in [1.165, 1.54) is 16.0 Å². The Hall–Kier alpha value is -2.33. The molecule has 2 heterocycles. The van der Waals surface area contributed by atoms with Crippen molar-refractivity contribution in [1.82, 2.24) is 9.78 Å². The van der Waals surface area contributed by atoms with Crippen molar-refractivity contribution in [3.63, 3.8) is 0 Å². The minimum absolute atomic E-state index is 0.296. The lowest BCUT2D eigenvalue weighted by molar-refractivity contribution is 0.101. The maximum absolute atomic E-state index is 12.1. The van der Waals surface area contributed by atoms with Gasteiger partial charge in [0.05, 0.1) is 16.9 Å². The second-order valence-electron chi connectivity index (χ2n) is 3.70. The van der Waals surface area contributed by atoms with Gasteiger partial charge in [-0.1, -0.05) is 0 Å². The molecular weight excluding hydrogens is 250 g/mol. The highest BCUT2D eigenvalue weighted by atomic mass is 32.1. The number of nitrogens with two attached hydrogens (primary N) is 1. The van der Waals surface area contributed by atoms with Crippen LogP contribution in [0, 0.1) is 18.3 Å². The zero-order valence-corrected chi connectivity index (χ0v) is 10.7. The minimum atomic E-state index is -0.366.